The Labute approximate surface area is 109 Å². The van der Waals surface area contributed by atoms with Gasteiger partial charge in [-0.25, -0.2) is 0 Å². The highest BCUT2D eigenvalue weighted by Crippen LogP contribution is 2.19. The molecule has 0 amide bonds. The Hall–Kier alpha value is -1.29. The van der Waals surface area contributed by atoms with E-state index in [-0.39, 0.29) is 6.04 Å². The minimum absolute atomic E-state index is 0.243. The van der Waals surface area contributed by atoms with Gasteiger partial charge in [0, 0.05) is 6.54 Å². The molecule has 1 atom stereocenters. The Morgan fingerprint density at radius 2 is 1.94 bits per heavy atom. The van der Waals surface area contributed by atoms with E-state index in [9.17, 15) is 0 Å². The summed E-state index contributed by atoms with van der Waals surface area (Å²) >= 11 is 5.20. The van der Waals surface area contributed by atoms with Gasteiger partial charge in [0.15, 0.2) is 5.11 Å². The van der Waals surface area contributed by atoms with E-state index >= 15 is 0 Å². The van der Waals surface area contributed by atoms with E-state index in [0.717, 1.165) is 18.7 Å². The molecule has 0 heterocycles. The van der Waals surface area contributed by atoms with Crippen molar-refractivity contribution in [2.45, 2.75) is 26.3 Å². The summed E-state index contributed by atoms with van der Waals surface area (Å²) in [5, 5.41) is 7.10. The second-order valence-corrected chi connectivity index (χ2v) is 4.15. The lowest BCUT2D eigenvalue weighted by Gasteiger charge is -2.19. The second-order valence-electron chi connectivity index (χ2n) is 3.74. The smallest absolute Gasteiger partial charge is 0.166 e. The number of hydrogen-bond acceptors (Lipinski definition) is 2. The maximum atomic E-state index is 5.20. The second kappa shape index (κ2) is 7.12. The standard InChI is InChI=1S/C13H20N2OS/c1-4-12(15-13(17)14-5-2)10-6-8-11(16-3)9-7-10/h6-9,12H,4-5H2,1-3H3,(H2,14,15,17)/t12-/m1/s1. The number of benzene rings is 1. The van der Waals surface area contributed by atoms with Crippen molar-refractivity contribution in [1.29, 1.82) is 0 Å². The molecule has 0 aliphatic heterocycles. The molecular weight excluding hydrogens is 232 g/mol. The van der Waals surface area contributed by atoms with Crippen LogP contribution in [0.5, 0.6) is 5.75 Å². The van der Waals surface area contributed by atoms with Gasteiger partial charge in [-0.1, -0.05) is 19.1 Å². The lowest BCUT2D eigenvalue weighted by Crippen LogP contribution is -2.37. The van der Waals surface area contributed by atoms with Crippen molar-refractivity contribution in [3.63, 3.8) is 0 Å². The van der Waals surface area contributed by atoms with Crippen molar-refractivity contribution in [1.82, 2.24) is 10.6 Å². The van der Waals surface area contributed by atoms with Crippen LogP contribution in [-0.2, 0) is 0 Å². The lowest BCUT2D eigenvalue weighted by atomic mass is 10.0. The summed E-state index contributed by atoms with van der Waals surface area (Å²) in [5.41, 5.74) is 1.22. The first kappa shape index (κ1) is 13.8. The minimum Gasteiger partial charge on any atom is -0.497 e. The van der Waals surface area contributed by atoms with Gasteiger partial charge in [0.2, 0.25) is 0 Å². The van der Waals surface area contributed by atoms with E-state index in [1.807, 2.05) is 19.1 Å². The van der Waals surface area contributed by atoms with Gasteiger partial charge < -0.3 is 15.4 Å². The molecule has 17 heavy (non-hydrogen) atoms. The third-order valence-corrected chi connectivity index (χ3v) is 2.83. The molecule has 1 aromatic rings. The first-order valence-electron chi connectivity index (χ1n) is 5.89. The molecule has 1 rings (SSSR count). The predicted molar refractivity (Wildman–Crippen MR) is 75.4 cm³/mol. The number of nitrogens with one attached hydrogen (secondary N) is 2. The van der Waals surface area contributed by atoms with Gasteiger partial charge in [-0.3, -0.25) is 0 Å². The molecule has 0 aliphatic rings. The first-order chi connectivity index (χ1) is 8.21. The lowest BCUT2D eigenvalue weighted by molar-refractivity contribution is 0.414. The fraction of sp³-hybridized carbons (Fsp3) is 0.462. The summed E-state index contributed by atoms with van der Waals surface area (Å²) in [4.78, 5) is 0. The van der Waals surface area contributed by atoms with Crippen LogP contribution < -0.4 is 15.4 Å². The van der Waals surface area contributed by atoms with Crippen molar-refractivity contribution < 1.29 is 4.74 Å². The average molecular weight is 252 g/mol. The normalized spacial score (nSPS) is 11.7. The SMILES string of the molecule is CCNC(=S)N[C@H](CC)c1ccc(OC)cc1. The van der Waals surface area contributed by atoms with Crippen molar-refractivity contribution >= 4 is 17.3 Å². The van der Waals surface area contributed by atoms with E-state index in [0.29, 0.717) is 5.11 Å². The molecule has 0 aliphatic carbocycles. The van der Waals surface area contributed by atoms with Crippen LogP contribution in [0.1, 0.15) is 31.9 Å². The molecule has 0 fully saturated rings. The zero-order valence-corrected chi connectivity index (χ0v) is 11.4. The Balaban J connectivity index is 2.68. The van der Waals surface area contributed by atoms with Gasteiger partial charge in [-0.15, -0.1) is 0 Å². The number of hydrogen-bond donors (Lipinski definition) is 2. The molecule has 3 nitrogen and oxygen atoms in total. The molecule has 1 aromatic carbocycles. The van der Waals surface area contributed by atoms with Crippen molar-refractivity contribution in [2.75, 3.05) is 13.7 Å². The highest BCUT2D eigenvalue weighted by Gasteiger charge is 2.09. The summed E-state index contributed by atoms with van der Waals surface area (Å²) in [6, 6.07) is 8.31. The third-order valence-electron chi connectivity index (χ3n) is 2.57. The highest BCUT2D eigenvalue weighted by molar-refractivity contribution is 7.80. The maximum Gasteiger partial charge on any atom is 0.166 e. The molecule has 0 radical (unpaired) electrons. The van der Waals surface area contributed by atoms with Crippen LogP contribution in [0.25, 0.3) is 0 Å². The van der Waals surface area contributed by atoms with Gasteiger partial charge in [-0.2, -0.15) is 0 Å². The fourth-order valence-electron chi connectivity index (χ4n) is 1.63. The van der Waals surface area contributed by atoms with Crippen molar-refractivity contribution in [2.24, 2.45) is 0 Å². The molecule has 94 valence electrons. The van der Waals surface area contributed by atoms with Gasteiger partial charge in [0.25, 0.3) is 0 Å². The number of ether oxygens (including phenoxy) is 1. The molecule has 0 spiro atoms. The molecule has 0 unspecified atom stereocenters. The predicted octanol–water partition coefficient (Wildman–Crippen LogP) is 2.63. The van der Waals surface area contributed by atoms with Gasteiger partial charge >= 0.3 is 0 Å². The van der Waals surface area contributed by atoms with Crippen LogP contribution in [0.15, 0.2) is 24.3 Å². The Bertz CT molecular complexity index is 351. The summed E-state index contributed by atoms with van der Waals surface area (Å²) in [6.45, 7) is 5.00. The van der Waals surface area contributed by atoms with Gasteiger partial charge in [0.1, 0.15) is 5.75 Å². The average Bonchev–Trinajstić information content (AvgIpc) is 2.36. The molecule has 0 aromatic heterocycles. The number of rotatable bonds is 5. The summed E-state index contributed by atoms with van der Waals surface area (Å²) in [5.74, 6) is 0.873. The Morgan fingerprint density at radius 1 is 1.29 bits per heavy atom. The topological polar surface area (TPSA) is 33.3 Å². The summed E-state index contributed by atoms with van der Waals surface area (Å²) in [7, 11) is 1.67. The molecule has 0 saturated carbocycles. The van der Waals surface area contributed by atoms with Crippen molar-refractivity contribution in [3.8, 4) is 5.75 Å². The maximum absolute atomic E-state index is 5.20. The first-order valence-corrected chi connectivity index (χ1v) is 6.30. The van der Waals surface area contributed by atoms with Crippen LogP contribution in [0.4, 0.5) is 0 Å². The largest absolute Gasteiger partial charge is 0.497 e. The van der Waals surface area contributed by atoms with Gasteiger partial charge in [-0.05, 0) is 43.3 Å². The summed E-state index contributed by atoms with van der Waals surface area (Å²) in [6.07, 6.45) is 0.984. The van der Waals surface area contributed by atoms with E-state index in [4.69, 9.17) is 17.0 Å². The van der Waals surface area contributed by atoms with E-state index in [1.54, 1.807) is 7.11 Å². The van der Waals surface area contributed by atoms with Crippen LogP contribution in [0.2, 0.25) is 0 Å². The van der Waals surface area contributed by atoms with Crippen LogP contribution in [0.3, 0.4) is 0 Å². The van der Waals surface area contributed by atoms with Crippen LogP contribution in [-0.4, -0.2) is 18.8 Å². The van der Waals surface area contributed by atoms with Crippen molar-refractivity contribution in [3.05, 3.63) is 29.8 Å². The zero-order valence-electron chi connectivity index (χ0n) is 10.6. The molecule has 0 saturated heterocycles. The monoisotopic (exact) mass is 252 g/mol. The molecular formula is C13H20N2OS. The minimum atomic E-state index is 0.243. The van der Waals surface area contributed by atoms with Crippen LogP contribution >= 0.6 is 12.2 Å². The highest BCUT2D eigenvalue weighted by atomic mass is 32.1. The van der Waals surface area contributed by atoms with Gasteiger partial charge in [0.05, 0.1) is 13.2 Å². The molecule has 4 heteroatoms. The molecule has 2 N–H and O–H groups in total. The van der Waals surface area contributed by atoms with E-state index in [2.05, 4.69) is 29.7 Å². The Kier molecular flexibility index (Phi) is 5.77. The number of thiocarbonyl (C=S) groups is 1. The van der Waals surface area contributed by atoms with Crippen LogP contribution in [0, 0.1) is 0 Å². The Morgan fingerprint density at radius 3 is 2.41 bits per heavy atom. The zero-order chi connectivity index (χ0) is 12.7. The molecule has 0 bridgehead atoms. The third kappa shape index (κ3) is 4.23. The fourth-order valence-corrected chi connectivity index (χ4v) is 1.91. The quantitative estimate of drug-likeness (QED) is 0.789. The number of methoxy groups -OCH3 is 1. The van der Waals surface area contributed by atoms with E-state index < -0.39 is 0 Å². The summed E-state index contributed by atoms with van der Waals surface area (Å²) < 4.78 is 5.14. The van der Waals surface area contributed by atoms with E-state index in [1.165, 1.54) is 5.56 Å².